The Hall–Kier alpha value is -0.630. The molecular formula is C12H14ClNO4S2. The van der Waals surface area contributed by atoms with Gasteiger partial charge in [0, 0.05) is 23.3 Å². The SMILES string of the molecule is O=S(=O)(Cl)c1ccccc1S(=O)(=O)N1CC2CCC1C2. The van der Waals surface area contributed by atoms with E-state index in [1.807, 2.05) is 0 Å². The second-order valence-electron chi connectivity index (χ2n) is 5.29. The Morgan fingerprint density at radius 2 is 1.70 bits per heavy atom. The molecule has 3 rings (SSSR count). The van der Waals surface area contributed by atoms with Crippen molar-refractivity contribution in [2.75, 3.05) is 6.54 Å². The van der Waals surface area contributed by atoms with E-state index in [0.29, 0.717) is 12.5 Å². The smallest absolute Gasteiger partial charge is 0.207 e. The first-order valence-corrected chi connectivity index (χ1v) is 10.1. The Kier molecular flexibility index (Phi) is 3.36. The van der Waals surface area contributed by atoms with Crippen LogP contribution in [0, 0.1) is 5.92 Å². The molecule has 1 aliphatic heterocycles. The van der Waals surface area contributed by atoms with E-state index in [0.717, 1.165) is 19.3 Å². The Balaban J connectivity index is 2.09. The summed E-state index contributed by atoms with van der Waals surface area (Å²) in [4.78, 5) is -0.563. The van der Waals surface area contributed by atoms with Gasteiger partial charge in [-0.1, -0.05) is 12.1 Å². The van der Waals surface area contributed by atoms with Crippen LogP contribution in [0.3, 0.4) is 0 Å². The summed E-state index contributed by atoms with van der Waals surface area (Å²) in [6.07, 6.45) is 2.76. The third kappa shape index (κ3) is 2.26. The Morgan fingerprint density at radius 1 is 1.05 bits per heavy atom. The second kappa shape index (κ2) is 4.69. The van der Waals surface area contributed by atoms with E-state index in [9.17, 15) is 16.8 Å². The molecule has 1 aromatic carbocycles. The summed E-state index contributed by atoms with van der Waals surface area (Å²) >= 11 is 0. The van der Waals surface area contributed by atoms with E-state index >= 15 is 0 Å². The summed E-state index contributed by atoms with van der Waals surface area (Å²) < 4.78 is 49.9. The predicted molar refractivity (Wildman–Crippen MR) is 74.5 cm³/mol. The Labute approximate surface area is 123 Å². The van der Waals surface area contributed by atoms with E-state index in [1.165, 1.54) is 28.6 Å². The summed E-state index contributed by atoms with van der Waals surface area (Å²) in [5, 5.41) is 0. The van der Waals surface area contributed by atoms with Crippen molar-refractivity contribution >= 4 is 29.8 Å². The van der Waals surface area contributed by atoms with E-state index in [-0.39, 0.29) is 15.8 Å². The third-order valence-corrected chi connectivity index (χ3v) is 7.54. The topological polar surface area (TPSA) is 71.5 Å². The van der Waals surface area contributed by atoms with Crippen LogP contribution in [0.4, 0.5) is 0 Å². The van der Waals surface area contributed by atoms with Crippen LogP contribution in [-0.4, -0.2) is 33.7 Å². The third-order valence-electron chi connectivity index (χ3n) is 4.06. The lowest BCUT2D eigenvalue weighted by Gasteiger charge is -2.26. The highest BCUT2D eigenvalue weighted by Crippen LogP contribution is 2.41. The van der Waals surface area contributed by atoms with Gasteiger partial charge in [0.2, 0.25) is 10.0 Å². The van der Waals surface area contributed by atoms with Crippen LogP contribution in [-0.2, 0) is 19.1 Å². The number of nitrogens with zero attached hydrogens (tertiary/aromatic N) is 1. The number of benzene rings is 1. The maximum Gasteiger partial charge on any atom is 0.262 e. The van der Waals surface area contributed by atoms with E-state index < -0.39 is 19.1 Å². The maximum absolute atomic E-state index is 12.7. The van der Waals surface area contributed by atoms with Crippen molar-refractivity contribution in [1.29, 1.82) is 0 Å². The quantitative estimate of drug-likeness (QED) is 0.789. The molecule has 20 heavy (non-hydrogen) atoms. The van der Waals surface area contributed by atoms with Gasteiger partial charge in [-0.25, -0.2) is 16.8 Å². The van der Waals surface area contributed by atoms with Crippen molar-refractivity contribution in [3.8, 4) is 0 Å². The van der Waals surface area contributed by atoms with Crippen molar-refractivity contribution in [2.24, 2.45) is 5.92 Å². The number of piperidine rings is 1. The van der Waals surface area contributed by atoms with E-state index in [1.54, 1.807) is 0 Å². The van der Waals surface area contributed by atoms with Crippen LogP contribution in [0.2, 0.25) is 0 Å². The lowest BCUT2D eigenvalue weighted by Crippen LogP contribution is -2.38. The average molecular weight is 336 g/mol. The molecule has 0 aromatic heterocycles. The molecule has 0 N–H and O–H groups in total. The van der Waals surface area contributed by atoms with Gasteiger partial charge in [0.25, 0.3) is 9.05 Å². The number of hydrogen-bond acceptors (Lipinski definition) is 4. The lowest BCUT2D eigenvalue weighted by molar-refractivity contribution is 0.333. The highest BCUT2D eigenvalue weighted by atomic mass is 35.7. The van der Waals surface area contributed by atoms with Crippen LogP contribution in [0.5, 0.6) is 0 Å². The number of rotatable bonds is 3. The standard InChI is InChI=1S/C12H14ClNO4S2/c13-19(15,16)11-3-1-2-4-12(11)20(17,18)14-8-9-5-6-10(14)7-9/h1-4,9-10H,5-8H2. The fourth-order valence-corrected chi connectivity index (χ4v) is 6.72. The summed E-state index contributed by atoms with van der Waals surface area (Å²) in [6.45, 7) is 0.476. The molecule has 0 spiro atoms. The molecule has 2 atom stereocenters. The van der Waals surface area contributed by atoms with Crippen molar-refractivity contribution in [3.63, 3.8) is 0 Å². The fraction of sp³-hybridized carbons (Fsp3) is 0.500. The van der Waals surface area contributed by atoms with Crippen LogP contribution in [0.15, 0.2) is 34.1 Å². The minimum Gasteiger partial charge on any atom is -0.207 e. The van der Waals surface area contributed by atoms with Crippen molar-refractivity contribution < 1.29 is 16.8 Å². The number of halogens is 1. The second-order valence-corrected chi connectivity index (χ2v) is 9.69. The first-order chi connectivity index (χ1) is 9.30. The molecule has 2 fully saturated rings. The zero-order valence-corrected chi connectivity index (χ0v) is 13.0. The molecule has 2 bridgehead atoms. The number of hydrogen-bond donors (Lipinski definition) is 0. The summed E-state index contributed by atoms with van der Waals surface area (Å²) in [5.74, 6) is 0.398. The average Bonchev–Trinajstić information content (AvgIpc) is 3.00. The summed E-state index contributed by atoms with van der Waals surface area (Å²) in [7, 11) is -2.56. The largest absolute Gasteiger partial charge is 0.262 e. The first-order valence-electron chi connectivity index (χ1n) is 6.35. The maximum atomic E-state index is 12.7. The van der Waals surface area contributed by atoms with E-state index in [2.05, 4.69) is 0 Å². The molecule has 1 aliphatic carbocycles. The molecule has 5 nitrogen and oxygen atoms in total. The zero-order valence-electron chi connectivity index (χ0n) is 10.6. The van der Waals surface area contributed by atoms with Gasteiger partial charge in [0.15, 0.2) is 0 Å². The highest BCUT2D eigenvalue weighted by molar-refractivity contribution is 8.14. The molecule has 0 amide bonds. The van der Waals surface area contributed by atoms with Crippen LogP contribution < -0.4 is 0 Å². The van der Waals surface area contributed by atoms with Gasteiger partial charge in [-0.3, -0.25) is 0 Å². The van der Waals surface area contributed by atoms with Gasteiger partial charge in [-0.15, -0.1) is 0 Å². The summed E-state index contributed by atoms with van der Waals surface area (Å²) in [5.41, 5.74) is 0. The number of sulfonamides is 1. The van der Waals surface area contributed by atoms with Gasteiger partial charge in [-0.2, -0.15) is 4.31 Å². The molecule has 110 valence electrons. The van der Waals surface area contributed by atoms with Crippen molar-refractivity contribution in [2.45, 2.75) is 35.1 Å². The van der Waals surface area contributed by atoms with Crippen molar-refractivity contribution in [1.82, 2.24) is 4.31 Å². The zero-order chi connectivity index (χ0) is 14.5. The van der Waals surface area contributed by atoms with Crippen molar-refractivity contribution in [3.05, 3.63) is 24.3 Å². The molecule has 1 saturated carbocycles. The van der Waals surface area contributed by atoms with Crippen LogP contribution in [0.1, 0.15) is 19.3 Å². The molecule has 2 aliphatic rings. The molecular weight excluding hydrogens is 322 g/mol. The molecule has 8 heteroatoms. The molecule has 1 saturated heterocycles. The summed E-state index contributed by atoms with van der Waals surface area (Å²) in [6, 6.07) is 5.49. The normalized spacial score (nSPS) is 27.1. The van der Waals surface area contributed by atoms with Gasteiger partial charge in [-0.05, 0) is 37.3 Å². The fourth-order valence-electron chi connectivity index (χ4n) is 3.16. The number of fused-ring (bicyclic) bond motifs is 2. The monoisotopic (exact) mass is 335 g/mol. The van der Waals surface area contributed by atoms with Crippen LogP contribution in [0.25, 0.3) is 0 Å². The van der Waals surface area contributed by atoms with Gasteiger partial charge >= 0.3 is 0 Å². The van der Waals surface area contributed by atoms with Gasteiger partial charge in [0.1, 0.15) is 9.79 Å². The minimum atomic E-state index is -4.09. The highest BCUT2D eigenvalue weighted by Gasteiger charge is 2.45. The van der Waals surface area contributed by atoms with Gasteiger partial charge in [0.05, 0.1) is 0 Å². The van der Waals surface area contributed by atoms with Gasteiger partial charge < -0.3 is 0 Å². The Bertz CT molecular complexity index is 744. The first kappa shape index (κ1) is 14.3. The molecule has 1 heterocycles. The molecule has 2 unspecified atom stereocenters. The Morgan fingerprint density at radius 3 is 2.20 bits per heavy atom. The predicted octanol–water partition coefficient (Wildman–Crippen LogP) is 1.79. The van der Waals surface area contributed by atoms with E-state index in [4.69, 9.17) is 10.7 Å². The molecule has 0 radical (unpaired) electrons. The lowest BCUT2D eigenvalue weighted by atomic mass is 10.1. The van der Waals surface area contributed by atoms with Crippen LogP contribution >= 0.6 is 10.7 Å². The molecule has 1 aromatic rings. The minimum absolute atomic E-state index is 0.00362.